The van der Waals surface area contributed by atoms with E-state index in [4.69, 9.17) is 5.73 Å². The summed E-state index contributed by atoms with van der Waals surface area (Å²) in [5, 5.41) is 7.42. The zero-order valence-corrected chi connectivity index (χ0v) is 22.6. The van der Waals surface area contributed by atoms with Crippen LogP contribution in [-0.4, -0.2) is 70.5 Å². The smallest absolute Gasteiger partial charge is 0.368 e. The summed E-state index contributed by atoms with van der Waals surface area (Å²) >= 11 is 2.01. The number of hydrogen-bond acceptors (Lipinski definition) is 5. The molecule has 0 aromatic carbocycles. The van der Waals surface area contributed by atoms with Gasteiger partial charge in [0.25, 0.3) is 0 Å². The van der Waals surface area contributed by atoms with Crippen LogP contribution in [0.15, 0.2) is 0 Å². The van der Waals surface area contributed by atoms with E-state index in [0.29, 0.717) is 13.0 Å². The first-order valence-corrected chi connectivity index (χ1v) is 12.7. The number of nitrogens with one attached hydrogen (secondary N) is 3. The molecule has 3 rings (SSSR count). The monoisotopic (exact) mass is 577 g/mol. The molecule has 3 fully saturated rings. The third-order valence-electron chi connectivity index (χ3n) is 7.75. The molecule has 5 amide bonds. The second-order valence-electron chi connectivity index (χ2n) is 11.6. The molecule has 1 saturated carbocycles. The van der Waals surface area contributed by atoms with Gasteiger partial charge in [0.05, 0.1) is 0 Å². The molecule has 0 bridgehead atoms. The third-order valence-corrected chi connectivity index (χ3v) is 8.11. The van der Waals surface area contributed by atoms with E-state index in [1.165, 1.54) is 4.90 Å². The number of fused-ring (bicyclic) bond motifs is 1. The minimum absolute atomic E-state index is 0.0150. The lowest BCUT2D eigenvalue weighted by molar-refractivity contribution is -0.148. The fourth-order valence-corrected chi connectivity index (χ4v) is 5.61. The molecule has 0 aromatic rings. The van der Waals surface area contributed by atoms with Crippen molar-refractivity contribution in [2.24, 2.45) is 34.3 Å². The summed E-state index contributed by atoms with van der Waals surface area (Å²) in [7, 11) is 0. The van der Waals surface area contributed by atoms with Crippen molar-refractivity contribution in [2.75, 3.05) is 13.1 Å². The zero-order valence-electron chi connectivity index (χ0n) is 21.0. The van der Waals surface area contributed by atoms with E-state index in [1.54, 1.807) is 20.8 Å². The van der Waals surface area contributed by atoms with Crippen molar-refractivity contribution in [3.05, 3.63) is 0 Å². The molecule has 2 aliphatic heterocycles. The molecule has 2 saturated heterocycles. The van der Waals surface area contributed by atoms with Crippen molar-refractivity contribution in [3.8, 4) is 0 Å². The van der Waals surface area contributed by atoms with E-state index >= 15 is 0 Å². The van der Waals surface area contributed by atoms with Crippen LogP contribution in [0.3, 0.4) is 0 Å². The average molecular weight is 578 g/mol. The van der Waals surface area contributed by atoms with Gasteiger partial charge in [-0.1, -0.05) is 34.6 Å². The Bertz CT molecular complexity index is 964. The summed E-state index contributed by atoms with van der Waals surface area (Å²) in [5.41, 5.74) is 4.31. The lowest BCUT2D eigenvalue weighted by Crippen LogP contribution is -2.61. The first kappa shape index (κ1) is 28.3. The third kappa shape index (κ3) is 5.50. The molecule has 5 N–H and O–H groups in total. The number of carbonyl (C=O) groups excluding carboxylic acids is 5. The highest BCUT2D eigenvalue weighted by Gasteiger charge is 2.70. The van der Waals surface area contributed by atoms with Gasteiger partial charge in [-0.15, -0.1) is 0 Å². The molecule has 36 heavy (non-hydrogen) atoms. The molecule has 0 aromatic heterocycles. The maximum Gasteiger partial charge on any atom is 0.377 e. The summed E-state index contributed by atoms with van der Waals surface area (Å²) in [6, 6.07) is -3.43. The van der Waals surface area contributed by atoms with Crippen molar-refractivity contribution >= 4 is 45.5 Å². The van der Waals surface area contributed by atoms with Crippen molar-refractivity contribution in [1.82, 2.24) is 20.9 Å². The first-order chi connectivity index (χ1) is 16.4. The lowest BCUT2D eigenvalue weighted by atomic mass is 9.85. The fraction of sp³-hybridized carbons (Fsp3) is 0.783. The van der Waals surface area contributed by atoms with Crippen LogP contribution in [0.25, 0.3) is 0 Å². The number of piperidine rings is 1. The number of amides is 5. The Morgan fingerprint density at radius 3 is 2.31 bits per heavy atom. The van der Waals surface area contributed by atoms with Gasteiger partial charge in [0.15, 0.2) is 0 Å². The van der Waals surface area contributed by atoms with Crippen LogP contribution in [0.2, 0.25) is 0 Å². The van der Waals surface area contributed by atoms with E-state index in [-0.39, 0.29) is 36.1 Å². The predicted molar refractivity (Wildman–Crippen MR) is 128 cm³/mol. The largest absolute Gasteiger partial charge is 0.377 e. The first-order valence-electron chi connectivity index (χ1n) is 11.9. The van der Waals surface area contributed by atoms with Crippen LogP contribution in [0.4, 0.5) is 8.78 Å². The number of nitrogens with two attached hydrogens (primary N) is 1. The highest BCUT2D eigenvalue weighted by Crippen LogP contribution is 2.65. The Labute approximate surface area is 217 Å². The molecule has 1 aliphatic carbocycles. The summed E-state index contributed by atoms with van der Waals surface area (Å²) in [6.45, 7) is 9.46. The van der Waals surface area contributed by atoms with Crippen LogP contribution in [0.1, 0.15) is 47.5 Å². The Morgan fingerprint density at radius 2 is 1.83 bits per heavy atom. The van der Waals surface area contributed by atoms with Crippen LogP contribution < -0.4 is 21.7 Å². The number of hydrogen-bond donors (Lipinski definition) is 4. The van der Waals surface area contributed by atoms with Gasteiger partial charge in [-0.05, 0) is 35.5 Å². The van der Waals surface area contributed by atoms with Gasteiger partial charge < -0.3 is 26.6 Å². The molecule has 2 heterocycles. The predicted octanol–water partition coefficient (Wildman–Crippen LogP) is 0.484. The van der Waals surface area contributed by atoms with E-state index in [2.05, 4.69) is 16.0 Å². The normalized spacial score (nSPS) is 28.6. The van der Waals surface area contributed by atoms with Gasteiger partial charge >= 0.3 is 10.7 Å². The summed E-state index contributed by atoms with van der Waals surface area (Å²) in [6.07, 6.45) is 0.543. The van der Waals surface area contributed by atoms with Crippen molar-refractivity contribution in [3.63, 3.8) is 0 Å². The summed E-state index contributed by atoms with van der Waals surface area (Å²) < 4.78 is 27.1. The number of carbonyl (C=O) groups is 5. The molecule has 0 radical (unpaired) electrons. The van der Waals surface area contributed by atoms with Gasteiger partial charge in [-0.2, -0.15) is 8.78 Å². The maximum absolute atomic E-state index is 13.6. The molecule has 0 unspecified atom stereocenters. The minimum atomic E-state index is -3.87. The van der Waals surface area contributed by atoms with E-state index in [1.807, 2.05) is 29.8 Å². The molecular weight excluding hydrogens is 544 g/mol. The number of rotatable bonds is 8. The average Bonchev–Trinajstić information content (AvgIpc) is 3.09. The Balaban J connectivity index is 1.83. The number of halogens is 3. The number of alkyl halides is 3. The van der Waals surface area contributed by atoms with Crippen LogP contribution in [0, 0.1) is 28.6 Å². The Kier molecular flexibility index (Phi) is 7.48. The second-order valence-corrected chi connectivity index (χ2v) is 12.6. The van der Waals surface area contributed by atoms with Gasteiger partial charge in [-0.25, -0.2) is 0 Å². The van der Waals surface area contributed by atoms with Crippen molar-refractivity contribution in [2.45, 2.75) is 70.4 Å². The molecule has 3 aliphatic rings. The number of likely N-dealkylation sites (tertiary alicyclic amines) is 1. The quantitative estimate of drug-likeness (QED) is 0.309. The number of primary amides is 1. The van der Waals surface area contributed by atoms with E-state index in [9.17, 15) is 32.8 Å². The minimum Gasteiger partial charge on any atom is -0.368 e. The van der Waals surface area contributed by atoms with Crippen molar-refractivity contribution < 1.29 is 32.8 Å². The highest BCUT2D eigenvalue weighted by molar-refractivity contribution is 9.10. The summed E-state index contributed by atoms with van der Waals surface area (Å²) in [4.78, 5) is 60.6. The van der Waals surface area contributed by atoms with Gasteiger partial charge in [0, 0.05) is 34.9 Å². The van der Waals surface area contributed by atoms with Gasteiger partial charge in [0.1, 0.15) is 18.1 Å². The number of nitrogens with zero attached hydrogens (tertiary/aromatic N) is 1. The van der Waals surface area contributed by atoms with E-state index < -0.39 is 57.9 Å². The fourth-order valence-electron chi connectivity index (χ4n) is 5.50. The van der Waals surface area contributed by atoms with Gasteiger partial charge in [-0.3, -0.25) is 24.0 Å². The zero-order chi connectivity index (χ0) is 27.4. The van der Waals surface area contributed by atoms with E-state index in [0.717, 1.165) is 0 Å². The lowest BCUT2D eigenvalue weighted by Gasteiger charge is -2.38. The Morgan fingerprint density at radius 1 is 1.22 bits per heavy atom. The van der Waals surface area contributed by atoms with Crippen molar-refractivity contribution in [1.29, 1.82) is 0 Å². The second kappa shape index (κ2) is 9.53. The van der Waals surface area contributed by atoms with Crippen LogP contribution in [-0.2, 0) is 24.0 Å². The molecule has 10 nitrogen and oxygen atoms in total. The topological polar surface area (TPSA) is 151 Å². The summed E-state index contributed by atoms with van der Waals surface area (Å²) in [5.74, 6) is -4.66. The molecule has 202 valence electrons. The van der Waals surface area contributed by atoms with Crippen LogP contribution >= 0.6 is 15.9 Å². The van der Waals surface area contributed by atoms with Gasteiger partial charge in [0.2, 0.25) is 23.6 Å². The van der Waals surface area contributed by atoms with Crippen LogP contribution in [0.5, 0.6) is 0 Å². The standard InChI is InChI=1S/C23H34BrF2N5O5/c1-21(2,3)15(30-20(36)23(24,25)26)19(35)31-9-11-13(22(11,4)5)14(31)18(34)29-12(16(27)32)8-10-6-7-28-17(10)33/h10-15H,6-9H2,1-5H3,(H2,27,32)(H,28,33)(H,29,34)(H,30,36)/t10-,11-,12-,13-,14-,15+/m0/s1. The Hall–Kier alpha value is -2.31. The molecule has 6 atom stereocenters. The molecular formula is C23H34BrF2N5O5. The maximum atomic E-state index is 13.6. The highest BCUT2D eigenvalue weighted by atomic mass is 79.9. The molecule has 13 heteroatoms. The molecule has 0 spiro atoms. The SMILES string of the molecule is CC(C)(C)[C@H](NC(=O)C(F)(F)Br)C(=O)N1C[C@H]2[C@@H]([C@H]1C(=O)N[C@@H](C[C@@H]1CCNC1=O)C(N)=O)C2(C)C.